The Morgan fingerprint density at radius 1 is 1.20 bits per heavy atom. The molecule has 20 heavy (non-hydrogen) atoms. The first-order valence-electron chi connectivity index (χ1n) is 5.75. The fraction of sp³-hybridized carbons (Fsp3) is 0.545. The van der Waals surface area contributed by atoms with E-state index in [0.29, 0.717) is 0 Å². The van der Waals surface area contributed by atoms with Crippen LogP contribution in [-0.4, -0.2) is 51.8 Å². The second-order valence-electron chi connectivity index (χ2n) is 5.11. The van der Waals surface area contributed by atoms with Gasteiger partial charge in [0.1, 0.15) is 5.60 Å². The van der Waals surface area contributed by atoms with Crippen molar-refractivity contribution in [2.75, 3.05) is 24.3 Å². The Hall–Kier alpha value is -2.45. The molecule has 0 aliphatic carbocycles. The lowest BCUT2D eigenvalue weighted by Crippen LogP contribution is -2.28. The van der Waals surface area contributed by atoms with E-state index < -0.39 is 23.5 Å². The average molecular weight is 283 g/mol. The molecule has 0 radical (unpaired) electrons. The number of amides is 1. The number of carboxylic acids is 1. The van der Waals surface area contributed by atoms with Crippen molar-refractivity contribution in [3.05, 3.63) is 5.82 Å². The molecule has 0 bridgehead atoms. The van der Waals surface area contributed by atoms with E-state index in [4.69, 9.17) is 9.84 Å². The molecule has 0 aromatic carbocycles. The lowest BCUT2D eigenvalue weighted by Gasteiger charge is -2.19. The van der Waals surface area contributed by atoms with Crippen molar-refractivity contribution in [2.24, 2.45) is 0 Å². The van der Waals surface area contributed by atoms with E-state index in [0.717, 1.165) is 0 Å². The summed E-state index contributed by atoms with van der Waals surface area (Å²) in [5, 5.41) is 11.2. The van der Waals surface area contributed by atoms with E-state index in [1.807, 2.05) is 0 Å². The molecule has 1 amide bonds. The second kappa shape index (κ2) is 5.68. The molecule has 2 N–H and O–H groups in total. The van der Waals surface area contributed by atoms with Crippen molar-refractivity contribution in [1.82, 2.24) is 15.0 Å². The predicted molar refractivity (Wildman–Crippen MR) is 71.0 cm³/mol. The number of ether oxygens (including phenoxy) is 1. The van der Waals surface area contributed by atoms with Crippen LogP contribution in [0.5, 0.6) is 0 Å². The van der Waals surface area contributed by atoms with Crippen LogP contribution < -0.4 is 10.2 Å². The molecule has 1 heterocycles. The van der Waals surface area contributed by atoms with E-state index >= 15 is 0 Å². The molecule has 0 saturated carbocycles. The van der Waals surface area contributed by atoms with Gasteiger partial charge in [-0.25, -0.2) is 9.59 Å². The van der Waals surface area contributed by atoms with E-state index in [1.54, 1.807) is 34.9 Å². The van der Waals surface area contributed by atoms with E-state index in [9.17, 15) is 9.59 Å². The first kappa shape index (κ1) is 15.6. The Balaban J connectivity index is 3.00. The van der Waals surface area contributed by atoms with Crippen molar-refractivity contribution in [3.63, 3.8) is 0 Å². The van der Waals surface area contributed by atoms with Crippen LogP contribution in [0.4, 0.5) is 16.7 Å². The van der Waals surface area contributed by atoms with Gasteiger partial charge in [0.2, 0.25) is 17.7 Å². The number of carboxylic acid groups (broad SMARTS) is 1. The lowest BCUT2D eigenvalue weighted by molar-refractivity contribution is 0.0629. The quantitative estimate of drug-likeness (QED) is 0.843. The Morgan fingerprint density at radius 3 is 2.25 bits per heavy atom. The number of aromatic carboxylic acids is 1. The Morgan fingerprint density at radius 2 is 1.80 bits per heavy atom. The van der Waals surface area contributed by atoms with Gasteiger partial charge in [0, 0.05) is 14.1 Å². The molecule has 0 fully saturated rings. The highest BCUT2D eigenvalue weighted by Gasteiger charge is 2.19. The minimum Gasteiger partial charge on any atom is -0.475 e. The molecule has 1 aromatic heterocycles. The van der Waals surface area contributed by atoms with Gasteiger partial charge in [-0.05, 0) is 20.8 Å². The van der Waals surface area contributed by atoms with Crippen LogP contribution in [0.3, 0.4) is 0 Å². The summed E-state index contributed by atoms with van der Waals surface area (Å²) in [5.41, 5.74) is -0.683. The molecule has 0 spiro atoms. The summed E-state index contributed by atoms with van der Waals surface area (Å²) in [6, 6.07) is 0. The summed E-state index contributed by atoms with van der Waals surface area (Å²) < 4.78 is 5.03. The zero-order valence-electron chi connectivity index (χ0n) is 12.0. The Bertz CT molecular complexity index is 524. The van der Waals surface area contributed by atoms with Crippen LogP contribution in [-0.2, 0) is 4.74 Å². The van der Waals surface area contributed by atoms with Crippen molar-refractivity contribution < 1.29 is 19.4 Å². The van der Waals surface area contributed by atoms with Gasteiger partial charge in [0.25, 0.3) is 0 Å². The van der Waals surface area contributed by atoms with Crippen LogP contribution in [0, 0.1) is 0 Å². The highest BCUT2D eigenvalue weighted by atomic mass is 16.6. The molecule has 0 atom stereocenters. The molecule has 0 aliphatic rings. The van der Waals surface area contributed by atoms with E-state index in [-0.39, 0.29) is 11.9 Å². The van der Waals surface area contributed by atoms with Crippen LogP contribution in [0.15, 0.2) is 0 Å². The molecule has 0 saturated heterocycles. The molecule has 1 aromatic rings. The van der Waals surface area contributed by atoms with E-state index in [1.165, 1.54) is 4.90 Å². The topological polar surface area (TPSA) is 118 Å². The van der Waals surface area contributed by atoms with Crippen LogP contribution in [0.1, 0.15) is 31.4 Å². The van der Waals surface area contributed by atoms with Gasteiger partial charge in [-0.2, -0.15) is 15.0 Å². The van der Waals surface area contributed by atoms with Crippen molar-refractivity contribution >= 4 is 24.0 Å². The van der Waals surface area contributed by atoms with Gasteiger partial charge in [0.05, 0.1) is 0 Å². The third-order valence-corrected chi connectivity index (χ3v) is 1.83. The van der Waals surface area contributed by atoms with Crippen LogP contribution >= 0.6 is 0 Å². The second-order valence-corrected chi connectivity index (χ2v) is 5.11. The number of nitrogens with zero attached hydrogens (tertiary/aromatic N) is 4. The molecular formula is C11H17N5O4. The summed E-state index contributed by atoms with van der Waals surface area (Å²) in [7, 11) is 3.27. The molecule has 9 nitrogen and oxygen atoms in total. The number of nitrogens with one attached hydrogen (secondary N) is 1. The predicted octanol–water partition coefficient (Wildman–Crippen LogP) is 0.983. The van der Waals surface area contributed by atoms with Gasteiger partial charge >= 0.3 is 12.1 Å². The normalized spacial score (nSPS) is 10.8. The summed E-state index contributed by atoms with van der Waals surface area (Å²) in [6.45, 7) is 5.11. The number of carbonyl (C=O) groups excluding carboxylic acids is 1. The summed E-state index contributed by atoms with van der Waals surface area (Å²) >= 11 is 0. The highest BCUT2D eigenvalue weighted by Crippen LogP contribution is 2.11. The zero-order chi connectivity index (χ0) is 15.5. The molecule has 110 valence electrons. The van der Waals surface area contributed by atoms with Gasteiger partial charge < -0.3 is 14.7 Å². The minimum atomic E-state index is -1.32. The van der Waals surface area contributed by atoms with Gasteiger partial charge in [-0.15, -0.1) is 0 Å². The number of hydrogen-bond donors (Lipinski definition) is 2. The third-order valence-electron chi connectivity index (χ3n) is 1.83. The van der Waals surface area contributed by atoms with Crippen molar-refractivity contribution in [3.8, 4) is 0 Å². The first-order valence-corrected chi connectivity index (χ1v) is 5.75. The smallest absolute Gasteiger partial charge is 0.414 e. The fourth-order valence-corrected chi connectivity index (χ4v) is 1.11. The largest absolute Gasteiger partial charge is 0.475 e. The molecular weight excluding hydrogens is 266 g/mol. The van der Waals surface area contributed by atoms with Gasteiger partial charge in [0.15, 0.2) is 0 Å². The zero-order valence-corrected chi connectivity index (χ0v) is 12.0. The molecule has 0 unspecified atom stereocenters. The Kier molecular flexibility index (Phi) is 4.43. The number of rotatable bonds is 3. The van der Waals surface area contributed by atoms with Crippen LogP contribution in [0.25, 0.3) is 0 Å². The number of carbonyl (C=O) groups is 2. The monoisotopic (exact) mass is 283 g/mol. The third kappa shape index (κ3) is 4.67. The van der Waals surface area contributed by atoms with Gasteiger partial charge in [-0.3, -0.25) is 5.32 Å². The van der Waals surface area contributed by atoms with Gasteiger partial charge in [-0.1, -0.05) is 0 Å². The minimum absolute atomic E-state index is 0.114. The maximum atomic E-state index is 11.6. The standard InChI is InChI=1S/C11H17N5O4/c1-11(2,3)20-10(19)15-8-12-6(7(17)18)13-9(14-8)16(4)5/h1-5H3,(H,17,18)(H,12,13,14,15,19). The summed E-state index contributed by atoms with van der Waals surface area (Å²) in [5.74, 6) is -1.85. The summed E-state index contributed by atoms with van der Waals surface area (Å²) in [4.78, 5) is 35.3. The molecule has 0 aliphatic heterocycles. The van der Waals surface area contributed by atoms with E-state index in [2.05, 4.69) is 20.3 Å². The van der Waals surface area contributed by atoms with Crippen molar-refractivity contribution in [1.29, 1.82) is 0 Å². The van der Waals surface area contributed by atoms with Crippen LogP contribution in [0.2, 0.25) is 0 Å². The maximum absolute atomic E-state index is 11.6. The SMILES string of the molecule is CN(C)c1nc(NC(=O)OC(C)(C)C)nc(C(=O)O)n1. The fourth-order valence-electron chi connectivity index (χ4n) is 1.11. The maximum Gasteiger partial charge on any atom is 0.414 e. The molecule has 9 heteroatoms. The Labute approximate surface area is 116 Å². The number of aromatic nitrogens is 3. The number of hydrogen-bond acceptors (Lipinski definition) is 7. The first-order chi connectivity index (χ1) is 9.08. The van der Waals surface area contributed by atoms with Crippen molar-refractivity contribution in [2.45, 2.75) is 26.4 Å². The number of anilines is 2. The molecule has 1 rings (SSSR count). The summed E-state index contributed by atoms with van der Waals surface area (Å²) in [6.07, 6.45) is -0.773. The lowest BCUT2D eigenvalue weighted by atomic mass is 10.2. The average Bonchev–Trinajstić information content (AvgIpc) is 2.25. The highest BCUT2D eigenvalue weighted by molar-refractivity contribution is 5.86.